The van der Waals surface area contributed by atoms with Crippen molar-refractivity contribution in [2.45, 2.75) is 34.2 Å². The Morgan fingerprint density at radius 2 is 1.46 bits per heavy atom. The average molecular weight is 362 g/mol. The quantitative estimate of drug-likeness (QED) is 0.307. The zero-order valence-electron chi connectivity index (χ0n) is 15.3. The molecule has 1 aliphatic rings. The highest BCUT2D eigenvalue weighted by Crippen LogP contribution is 2.08. The van der Waals surface area contributed by atoms with Gasteiger partial charge in [0.25, 0.3) is 0 Å². The van der Waals surface area contributed by atoms with Gasteiger partial charge in [-0.3, -0.25) is 0 Å². The number of carbonyl (C=O) groups is 2. The van der Waals surface area contributed by atoms with Crippen LogP contribution in [0.4, 0.5) is 0 Å². The van der Waals surface area contributed by atoms with E-state index in [0.29, 0.717) is 18.8 Å². The fraction of sp³-hybridized carbons (Fsp3) is 0.625. The number of carboxylic acid groups (broad SMARTS) is 1. The zero-order valence-corrected chi connectivity index (χ0v) is 16.3. The molecule has 0 aromatic heterocycles. The van der Waals surface area contributed by atoms with Crippen LogP contribution in [0.2, 0.25) is 6.55 Å². The van der Waals surface area contributed by atoms with Crippen LogP contribution >= 0.6 is 0 Å². The minimum absolute atomic E-state index is 0.176. The molecule has 1 saturated heterocycles. The summed E-state index contributed by atoms with van der Waals surface area (Å²) in [5.74, 6) is -1.33. The lowest BCUT2D eigenvalue weighted by atomic mass is 10.4. The van der Waals surface area contributed by atoms with E-state index < -0.39 is 20.5 Å². The van der Waals surface area contributed by atoms with Crippen LogP contribution in [0.3, 0.4) is 0 Å². The molecule has 0 radical (unpaired) electrons. The number of esters is 1. The molecule has 0 aliphatic carbocycles. The second-order valence-corrected chi connectivity index (χ2v) is 8.19. The minimum atomic E-state index is -2.34. The van der Waals surface area contributed by atoms with Crippen molar-refractivity contribution in [2.24, 2.45) is 0 Å². The lowest BCUT2D eigenvalue weighted by Crippen LogP contribution is -2.45. The van der Waals surface area contributed by atoms with Crippen molar-refractivity contribution >= 4 is 20.5 Å². The van der Waals surface area contributed by atoms with Crippen LogP contribution in [0, 0.1) is 0 Å². The maximum Gasteiger partial charge on any atom is 0.374 e. The summed E-state index contributed by atoms with van der Waals surface area (Å²) in [5, 5.41) is 7.89. The Labute approximate surface area is 145 Å². The normalized spacial score (nSPS) is 11.9. The first-order valence-corrected chi connectivity index (χ1v) is 10.2. The molecule has 0 unspecified atom stereocenters. The summed E-state index contributed by atoms with van der Waals surface area (Å²) < 4.78 is 20.6. The largest absolute Gasteiger partial charge is 0.478 e. The third kappa shape index (κ3) is 16.9. The number of ether oxygens (including phenoxy) is 2. The average Bonchev–Trinajstić information content (AvgIpc) is 3.34. The number of rotatable bonds is 8. The van der Waals surface area contributed by atoms with Crippen molar-refractivity contribution in [3.63, 3.8) is 0 Å². The molecule has 24 heavy (non-hydrogen) atoms. The van der Waals surface area contributed by atoms with Crippen LogP contribution in [-0.4, -0.2) is 58.3 Å². The Morgan fingerprint density at radius 1 is 1.08 bits per heavy atom. The highest BCUT2D eigenvalue weighted by atomic mass is 28.4. The lowest BCUT2D eigenvalue weighted by Gasteiger charge is -2.25. The molecule has 140 valence electrons. The standard InChI is InChI=1S/C10H20O4Si.C4H6O2.C2H4O/c1-6-13-15(5,14-7-2)8-12-10(11)9(3)4;1-3(2)4(5)6;1-2-3-1/h3,6-8H2,1-2,4-5H3;1H2,2H3,(H,5,6);1-2H2. The molecule has 0 aromatic rings. The van der Waals surface area contributed by atoms with E-state index in [2.05, 4.69) is 17.9 Å². The molecular formula is C16H30O7Si. The van der Waals surface area contributed by atoms with Crippen molar-refractivity contribution in [3.05, 3.63) is 24.3 Å². The Hall–Kier alpha value is -1.48. The van der Waals surface area contributed by atoms with Crippen LogP contribution in [0.15, 0.2) is 24.3 Å². The number of hydrogen-bond acceptors (Lipinski definition) is 6. The molecular weight excluding hydrogens is 332 g/mol. The fourth-order valence-electron chi connectivity index (χ4n) is 1.06. The molecule has 1 fully saturated rings. The predicted octanol–water partition coefficient (Wildman–Crippen LogP) is 2.45. The molecule has 0 spiro atoms. The van der Waals surface area contributed by atoms with Gasteiger partial charge in [0.1, 0.15) is 6.23 Å². The SMILES string of the molecule is C1CO1.C=C(C)C(=O)O.C=C(C)C(=O)OC[Si](C)(OCC)OCC. The van der Waals surface area contributed by atoms with Crippen LogP contribution in [-0.2, 0) is 27.9 Å². The van der Waals surface area contributed by atoms with E-state index in [9.17, 15) is 9.59 Å². The number of aliphatic carboxylic acids is 1. The second-order valence-electron chi connectivity index (χ2n) is 5.05. The van der Waals surface area contributed by atoms with E-state index >= 15 is 0 Å². The molecule has 1 rings (SSSR count). The number of epoxide rings is 1. The second kappa shape index (κ2) is 13.9. The van der Waals surface area contributed by atoms with Crippen molar-refractivity contribution in [2.75, 3.05) is 32.7 Å². The third-order valence-corrected chi connectivity index (χ3v) is 4.75. The topological polar surface area (TPSA) is 94.6 Å². The van der Waals surface area contributed by atoms with E-state index in [4.69, 9.17) is 18.7 Å². The summed E-state index contributed by atoms with van der Waals surface area (Å²) in [5.41, 5.74) is 0.564. The van der Waals surface area contributed by atoms with Gasteiger partial charge in [0.05, 0.1) is 13.2 Å². The number of hydrogen-bond donors (Lipinski definition) is 1. The van der Waals surface area contributed by atoms with Crippen molar-refractivity contribution in [1.82, 2.24) is 0 Å². The molecule has 0 atom stereocenters. The molecule has 1 aliphatic heterocycles. The highest BCUT2D eigenvalue weighted by Gasteiger charge is 2.33. The van der Waals surface area contributed by atoms with Gasteiger partial charge in [-0.25, -0.2) is 9.59 Å². The Morgan fingerprint density at radius 3 is 1.67 bits per heavy atom. The molecule has 8 heteroatoms. The van der Waals surface area contributed by atoms with Crippen LogP contribution < -0.4 is 0 Å². The van der Waals surface area contributed by atoms with Crippen LogP contribution in [0.25, 0.3) is 0 Å². The number of carboxylic acids is 1. The Kier molecular flexibility index (Phi) is 14.4. The van der Waals surface area contributed by atoms with E-state index in [-0.39, 0.29) is 11.8 Å². The smallest absolute Gasteiger partial charge is 0.374 e. The van der Waals surface area contributed by atoms with E-state index in [1.807, 2.05) is 20.4 Å². The molecule has 1 heterocycles. The molecule has 0 saturated carbocycles. The van der Waals surface area contributed by atoms with Gasteiger partial charge in [-0.15, -0.1) is 0 Å². The van der Waals surface area contributed by atoms with Gasteiger partial charge in [-0.05, 0) is 34.2 Å². The van der Waals surface area contributed by atoms with Gasteiger partial charge in [0.15, 0.2) is 0 Å². The maximum atomic E-state index is 11.2. The minimum Gasteiger partial charge on any atom is -0.478 e. The van der Waals surface area contributed by atoms with Crippen molar-refractivity contribution in [1.29, 1.82) is 0 Å². The third-order valence-electron chi connectivity index (χ3n) is 2.28. The molecule has 1 N–H and O–H groups in total. The molecule has 0 aromatic carbocycles. The fourth-order valence-corrected chi connectivity index (χ4v) is 2.92. The van der Waals surface area contributed by atoms with E-state index in [1.165, 1.54) is 6.92 Å². The van der Waals surface area contributed by atoms with Crippen LogP contribution in [0.5, 0.6) is 0 Å². The predicted molar refractivity (Wildman–Crippen MR) is 93.9 cm³/mol. The first kappa shape index (κ1) is 24.8. The van der Waals surface area contributed by atoms with Gasteiger partial charge in [0.2, 0.25) is 0 Å². The summed E-state index contributed by atoms with van der Waals surface area (Å²) in [6.45, 7) is 18.5. The summed E-state index contributed by atoms with van der Waals surface area (Å²) in [6.07, 6.45) is 0.209. The van der Waals surface area contributed by atoms with Gasteiger partial charge in [-0.2, -0.15) is 0 Å². The first-order chi connectivity index (χ1) is 11.1. The lowest BCUT2D eigenvalue weighted by molar-refractivity contribution is -0.138. The number of carbonyl (C=O) groups excluding carboxylic acids is 1. The first-order valence-electron chi connectivity index (χ1n) is 7.66. The summed E-state index contributed by atoms with van der Waals surface area (Å²) in [7, 11) is -2.34. The molecule has 0 amide bonds. The van der Waals surface area contributed by atoms with Crippen molar-refractivity contribution < 1.29 is 33.0 Å². The Balaban J connectivity index is 0. The van der Waals surface area contributed by atoms with Crippen LogP contribution in [0.1, 0.15) is 27.7 Å². The van der Waals surface area contributed by atoms with Gasteiger partial charge >= 0.3 is 20.5 Å². The summed E-state index contributed by atoms with van der Waals surface area (Å²) in [6, 6.07) is 0. The van der Waals surface area contributed by atoms with Gasteiger partial charge < -0.3 is 23.4 Å². The van der Waals surface area contributed by atoms with Crippen molar-refractivity contribution in [3.8, 4) is 0 Å². The summed E-state index contributed by atoms with van der Waals surface area (Å²) >= 11 is 0. The van der Waals surface area contributed by atoms with Gasteiger partial charge in [0, 0.05) is 24.4 Å². The highest BCUT2D eigenvalue weighted by molar-refractivity contribution is 6.66. The van der Waals surface area contributed by atoms with E-state index in [1.54, 1.807) is 6.92 Å². The Bertz CT molecular complexity index is 398. The summed E-state index contributed by atoms with van der Waals surface area (Å²) in [4.78, 5) is 20.8. The van der Waals surface area contributed by atoms with Gasteiger partial charge in [-0.1, -0.05) is 13.2 Å². The molecule has 0 bridgehead atoms. The zero-order chi connectivity index (χ0) is 19.2. The monoisotopic (exact) mass is 362 g/mol. The maximum absolute atomic E-state index is 11.2. The molecule has 7 nitrogen and oxygen atoms in total. The van der Waals surface area contributed by atoms with E-state index in [0.717, 1.165) is 13.2 Å².